The van der Waals surface area contributed by atoms with Crippen LogP contribution in [0.15, 0.2) is 30.3 Å². The molecule has 2 N–H and O–H groups in total. The molecule has 29 heavy (non-hydrogen) atoms. The first-order chi connectivity index (χ1) is 13.9. The van der Waals surface area contributed by atoms with E-state index in [0.29, 0.717) is 51.1 Å². The van der Waals surface area contributed by atoms with Gasteiger partial charge in [-0.15, -0.1) is 0 Å². The SMILES string of the molecule is Cc1cc(C)n(Cc2cccc(C(=O)N3CCC4(CC3)OCC[C@H](O)[C@@H]4O)c2)n1. The molecular weight excluding hydrogens is 370 g/mol. The summed E-state index contributed by atoms with van der Waals surface area (Å²) in [7, 11) is 0. The van der Waals surface area contributed by atoms with Gasteiger partial charge in [-0.1, -0.05) is 12.1 Å². The summed E-state index contributed by atoms with van der Waals surface area (Å²) in [5, 5.41) is 24.9. The van der Waals surface area contributed by atoms with Gasteiger partial charge in [-0.3, -0.25) is 9.48 Å². The highest BCUT2D eigenvalue weighted by Gasteiger charge is 2.48. The molecule has 0 radical (unpaired) electrons. The zero-order valence-electron chi connectivity index (χ0n) is 17.0. The number of rotatable bonds is 3. The zero-order chi connectivity index (χ0) is 20.6. The highest BCUT2D eigenvalue weighted by Crippen LogP contribution is 2.35. The first-order valence-corrected chi connectivity index (χ1v) is 10.3. The van der Waals surface area contributed by atoms with E-state index in [1.165, 1.54) is 0 Å². The monoisotopic (exact) mass is 399 g/mol. The Morgan fingerprint density at radius 1 is 1.24 bits per heavy atom. The minimum absolute atomic E-state index is 0.0130. The molecule has 2 aliphatic heterocycles. The Hall–Kier alpha value is -2.22. The Balaban J connectivity index is 1.43. The summed E-state index contributed by atoms with van der Waals surface area (Å²) in [5.41, 5.74) is 3.03. The number of hydrogen-bond acceptors (Lipinski definition) is 5. The lowest BCUT2D eigenvalue weighted by Crippen LogP contribution is -2.60. The summed E-state index contributed by atoms with van der Waals surface area (Å²) >= 11 is 0. The van der Waals surface area contributed by atoms with E-state index in [0.717, 1.165) is 17.0 Å². The quantitative estimate of drug-likeness (QED) is 0.820. The topological polar surface area (TPSA) is 87.8 Å². The van der Waals surface area contributed by atoms with Crippen molar-refractivity contribution in [1.29, 1.82) is 0 Å². The summed E-state index contributed by atoms with van der Waals surface area (Å²) in [6.45, 7) is 6.08. The van der Waals surface area contributed by atoms with Crippen molar-refractivity contribution >= 4 is 5.91 Å². The van der Waals surface area contributed by atoms with Crippen LogP contribution in [-0.4, -0.2) is 68.3 Å². The third-order valence-corrected chi connectivity index (χ3v) is 6.21. The number of likely N-dealkylation sites (tertiary alicyclic amines) is 1. The number of hydrogen-bond donors (Lipinski definition) is 2. The lowest BCUT2D eigenvalue weighted by Gasteiger charge is -2.48. The van der Waals surface area contributed by atoms with Crippen LogP contribution in [0.2, 0.25) is 0 Å². The molecule has 7 nitrogen and oxygen atoms in total. The van der Waals surface area contributed by atoms with E-state index in [4.69, 9.17) is 4.74 Å². The molecule has 1 amide bonds. The van der Waals surface area contributed by atoms with Gasteiger partial charge in [0.1, 0.15) is 6.10 Å². The molecule has 7 heteroatoms. The predicted octanol–water partition coefficient (Wildman–Crippen LogP) is 1.67. The van der Waals surface area contributed by atoms with Crippen molar-refractivity contribution in [3.05, 3.63) is 52.8 Å². The number of carbonyl (C=O) groups is 1. The second-order valence-corrected chi connectivity index (χ2v) is 8.29. The molecule has 2 fully saturated rings. The van der Waals surface area contributed by atoms with Gasteiger partial charge in [0.05, 0.1) is 30.6 Å². The van der Waals surface area contributed by atoms with E-state index < -0.39 is 17.8 Å². The number of ether oxygens (including phenoxy) is 1. The lowest BCUT2D eigenvalue weighted by atomic mass is 9.80. The minimum Gasteiger partial charge on any atom is -0.390 e. The molecule has 1 aromatic heterocycles. The van der Waals surface area contributed by atoms with Crippen LogP contribution in [0.3, 0.4) is 0 Å². The molecule has 0 bridgehead atoms. The number of amides is 1. The molecule has 1 spiro atoms. The van der Waals surface area contributed by atoms with Crippen molar-refractivity contribution in [1.82, 2.24) is 14.7 Å². The number of benzene rings is 1. The molecule has 2 saturated heterocycles. The zero-order valence-corrected chi connectivity index (χ0v) is 17.0. The molecule has 1 aromatic carbocycles. The number of piperidine rings is 1. The largest absolute Gasteiger partial charge is 0.390 e. The second kappa shape index (κ2) is 7.89. The second-order valence-electron chi connectivity index (χ2n) is 8.29. The van der Waals surface area contributed by atoms with Crippen molar-refractivity contribution in [2.24, 2.45) is 0 Å². The van der Waals surface area contributed by atoms with Gasteiger partial charge in [0.25, 0.3) is 5.91 Å². The highest BCUT2D eigenvalue weighted by molar-refractivity contribution is 5.94. The predicted molar refractivity (Wildman–Crippen MR) is 108 cm³/mol. The number of aliphatic hydroxyl groups excluding tert-OH is 2. The van der Waals surface area contributed by atoms with Crippen LogP contribution in [-0.2, 0) is 11.3 Å². The minimum atomic E-state index is -0.891. The van der Waals surface area contributed by atoms with Crippen LogP contribution in [0, 0.1) is 13.8 Å². The Morgan fingerprint density at radius 2 is 2.00 bits per heavy atom. The summed E-state index contributed by atoms with van der Waals surface area (Å²) in [4.78, 5) is 14.9. The fourth-order valence-electron chi connectivity index (χ4n) is 4.50. The van der Waals surface area contributed by atoms with Crippen LogP contribution in [0.4, 0.5) is 0 Å². The lowest BCUT2D eigenvalue weighted by molar-refractivity contribution is -0.212. The molecule has 156 valence electrons. The van der Waals surface area contributed by atoms with Gasteiger partial charge in [-0.05, 0) is 56.9 Å². The average molecular weight is 399 g/mol. The maximum Gasteiger partial charge on any atom is 0.253 e. The normalized spacial score (nSPS) is 24.1. The first-order valence-electron chi connectivity index (χ1n) is 10.3. The van der Waals surface area contributed by atoms with E-state index in [1.54, 1.807) is 0 Å². The van der Waals surface area contributed by atoms with Gasteiger partial charge in [0.15, 0.2) is 0 Å². The summed E-state index contributed by atoms with van der Waals surface area (Å²) in [5.74, 6) is -0.0130. The maximum atomic E-state index is 13.0. The van der Waals surface area contributed by atoms with Crippen molar-refractivity contribution in [3.8, 4) is 0 Å². The van der Waals surface area contributed by atoms with Crippen molar-refractivity contribution in [2.45, 2.75) is 57.5 Å². The van der Waals surface area contributed by atoms with Crippen molar-refractivity contribution < 1.29 is 19.7 Å². The Labute approximate surface area is 170 Å². The van der Waals surface area contributed by atoms with Gasteiger partial charge in [-0.25, -0.2) is 0 Å². The molecule has 4 rings (SSSR count). The number of aryl methyl sites for hydroxylation is 2. The Kier molecular flexibility index (Phi) is 5.46. The first kappa shape index (κ1) is 20.1. The standard InChI is InChI=1S/C22H29N3O4/c1-15-12-16(2)25(23-15)14-17-4-3-5-18(13-17)21(28)24-9-7-22(8-10-24)20(27)19(26)6-11-29-22/h3-5,12-13,19-20,26-27H,6-11,14H2,1-2H3/t19-,20-/m0/s1. The van der Waals surface area contributed by atoms with Crippen LogP contribution < -0.4 is 0 Å². The van der Waals surface area contributed by atoms with Crippen LogP contribution in [0.5, 0.6) is 0 Å². The van der Waals surface area contributed by atoms with Gasteiger partial charge in [0.2, 0.25) is 0 Å². The van der Waals surface area contributed by atoms with Gasteiger partial charge >= 0.3 is 0 Å². The molecule has 0 saturated carbocycles. The molecule has 0 aliphatic carbocycles. The average Bonchev–Trinajstić information content (AvgIpc) is 3.03. The molecule has 2 aromatic rings. The summed E-state index contributed by atoms with van der Waals surface area (Å²) in [6, 6.07) is 9.72. The summed E-state index contributed by atoms with van der Waals surface area (Å²) in [6.07, 6.45) is -0.131. The number of carbonyl (C=O) groups excluding carboxylic acids is 1. The van der Waals surface area contributed by atoms with E-state index in [1.807, 2.05) is 53.8 Å². The summed E-state index contributed by atoms with van der Waals surface area (Å²) < 4.78 is 7.81. The maximum absolute atomic E-state index is 13.0. The van der Waals surface area contributed by atoms with Crippen molar-refractivity contribution in [2.75, 3.05) is 19.7 Å². The molecule has 3 heterocycles. The molecule has 2 aliphatic rings. The highest BCUT2D eigenvalue weighted by atomic mass is 16.5. The van der Waals surface area contributed by atoms with Gasteiger partial charge in [-0.2, -0.15) is 5.10 Å². The van der Waals surface area contributed by atoms with Crippen LogP contribution in [0.1, 0.15) is 46.6 Å². The van der Waals surface area contributed by atoms with Crippen LogP contribution >= 0.6 is 0 Å². The number of aromatic nitrogens is 2. The fraction of sp³-hybridized carbons (Fsp3) is 0.545. The Bertz CT molecular complexity index is 886. The van der Waals surface area contributed by atoms with Crippen molar-refractivity contribution in [3.63, 3.8) is 0 Å². The number of nitrogens with zero attached hydrogens (tertiary/aromatic N) is 3. The molecular formula is C22H29N3O4. The van der Waals surface area contributed by atoms with E-state index >= 15 is 0 Å². The molecule has 2 atom stereocenters. The van der Waals surface area contributed by atoms with E-state index in [9.17, 15) is 15.0 Å². The van der Waals surface area contributed by atoms with Gasteiger partial charge in [0, 0.05) is 24.3 Å². The van der Waals surface area contributed by atoms with Crippen LogP contribution in [0.25, 0.3) is 0 Å². The van der Waals surface area contributed by atoms with Gasteiger partial charge < -0.3 is 19.8 Å². The number of aliphatic hydroxyl groups is 2. The smallest absolute Gasteiger partial charge is 0.253 e. The Morgan fingerprint density at radius 3 is 2.69 bits per heavy atom. The third kappa shape index (κ3) is 3.95. The van der Waals surface area contributed by atoms with E-state index in [-0.39, 0.29) is 5.91 Å². The fourth-order valence-corrected chi connectivity index (χ4v) is 4.50. The van der Waals surface area contributed by atoms with E-state index in [2.05, 4.69) is 5.10 Å². The molecule has 0 unspecified atom stereocenters. The third-order valence-electron chi connectivity index (χ3n) is 6.21.